The number of hydrogen-bond acceptors (Lipinski definition) is 4. The van der Waals surface area contributed by atoms with Gasteiger partial charge in [-0.15, -0.1) is 0 Å². The Morgan fingerprint density at radius 3 is 2.63 bits per heavy atom. The molecule has 0 saturated heterocycles. The summed E-state index contributed by atoms with van der Waals surface area (Å²) in [4.78, 5) is 8.65. The van der Waals surface area contributed by atoms with Crippen LogP contribution in [0, 0.1) is 0 Å². The minimum atomic E-state index is 0.404. The molecule has 4 heteroatoms. The first-order chi connectivity index (χ1) is 9.15. The highest BCUT2D eigenvalue weighted by Crippen LogP contribution is 2.38. The maximum absolute atomic E-state index is 4.34. The van der Waals surface area contributed by atoms with Crippen LogP contribution in [-0.2, 0) is 0 Å². The molecule has 0 unspecified atom stereocenters. The summed E-state index contributed by atoms with van der Waals surface area (Å²) < 4.78 is 0.404. The number of aromatic nitrogens is 2. The fourth-order valence-corrected chi connectivity index (χ4v) is 3.60. The topological polar surface area (TPSA) is 37.8 Å². The fraction of sp³-hybridized carbons (Fsp3) is 0.733. The van der Waals surface area contributed by atoms with Crippen LogP contribution in [0.15, 0.2) is 12.4 Å². The fourth-order valence-electron chi connectivity index (χ4n) is 2.69. The standard InChI is InChI=1S/C15H25N3S/c1-12(2)13-9-14(18-11-17-13)16-10-15(19-3)7-5-4-6-8-15/h9,11-12H,4-8,10H2,1-3H3,(H,16,17,18). The van der Waals surface area contributed by atoms with Gasteiger partial charge in [-0.3, -0.25) is 0 Å². The number of nitrogens with zero attached hydrogens (tertiary/aromatic N) is 2. The Morgan fingerprint density at radius 1 is 1.26 bits per heavy atom. The number of hydrogen-bond donors (Lipinski definition) is 1. The summed E-state index contributed by atoms with van der Waals surface area (Å²) in [5.74, 6) is 1.42. The zero-order valence-electron chi connectivity index (χ0n) is 12.3. The molecule has 3 nitrogen and oxygen atoms in total. The summed E-state index contributed by atoms with van der Waals surface area (Å²) in [7, 11) is 0. The molecule has 1 aliphatic rings. The molecule has 0 radical (unpaired) electrons. The lowest BCUT2D eigenvalue weighted by molar-refractivity contribution is 0.411. The van der Waals surface area contributed by atoms with Gasteiger partial charge in [0.15, 0.2) is 0 Å². The summed E-state index contributed by atoms with van der Waals surface area (Å²) >= 11 is 2.02. The minimum absolute atomic E-state index is 0.404. The van der Waals surface area contributed by atoms with E-state index in [2.05, 4.69) is 41.5 Å². The Hall–Kier alpha value is -0.770. The van der Waals surface area contributed by atoms with Crippen LogP contribution in [-0.4, -0.2) is 27.5 Å². The van der Waals surface area contributed by atoms with Gasteiger partial charge in [0.2, 0.25) is 0 Å². The summed E-state index contributed by atoms with van der Waals surface area (Å²) in [6.07, 6.45) is 10.7. The number of thioether (sulfide) groups is 1. The van der Waals surface area contributed by atoms with Gasteiger partial charge in [0.1, 0.15) is 12.1 Å². The third-order valence-electron chi connectivity index (χ3n) is 4.07. The molecule has 0 aliphatic heterocycles. The Labute approximate surface area is 121 Å². The van der Waals surface area contributed by atoms with Crippen LogP contribution in [0.2, 0.25) is 0 Å². The summed E-state index contributed by atoms with van der Waals surface area (Å²) in [6.45, 7) is 5.34. The van der Waals surface area contributed by atoms with Crippen LogP contribution in [0.25, 0.3) is 0 Å². The molecule has 0 atom stereocenters. The molecule has 2 rings (SSSR count). The zero-order valence-corrected chi connectivity index (χ0v) is 13.1. The second kappa shape index (κ2) is 6.60. The molecule has 0 bridgehead atoms. The van der Waals surface area contributed by atoms with Gasteiger partial charge in [0.25, 0.3) is 0 Å². The van der Waals surface area contributed by atoms with Gasteiger partial charge in [-0.1, -0.05) is 33.1 Å². The maximum atomic E-state index is 4.34. The van der Waals surface area contributed by atoms with Crippen molar-refractivity contribution in [1.29, 1.82) is 0 Å². The maximum Gasteiger partial charge on any atom is 0.129 e. The van der Waals surface area contributed by atoms with E-state index in [9.17, 15) is 0 Å². The number of rotatable bonds is 5. The van der Waals surface area contributed by atoms with Gasteiger partial charge in [-0.2, -0.15) is 11.8 Å². The summed E-state index contributed by atoms with van der Waals surface area (Å²) in [6, 6.07) is 2.08. The second-order valence-electron chi connectivity index (χ2n) is 5.78. The van der Waals surface area contributed by atoms with Gasteiger partial charge in [0, 0.05) is 23.1 Å². The first-order valence-electron chi connectivity index (χ1n) is 7.26. The third kappa shape index (κ3) is 3.85. The van der Waals surface area contributed by atoms with Gasteiger partial charge in [-0.05, 0) is 25.0 Å². The molecule has 1 aromatic heterocycles. The lowest BCUT2D eigenvalue weighted by Gasteiger charge is -2.36. The van der Waals surface area contributed by atoms with E-state index in [1.807, 2.05) is 11.8 Å². The first-order valence-corrected chi connectivity index (χ1v) is 8.49. The quantitative estimate of drug-likeness (QED) is 0.881. The molecule has 1 aromatic rings. The van der Waals surface area contributed by atoms with Gasteiger partial charge in [-0.25, -0.2) is 9.97 Å². The molecule has 1 heterocycles. The zero-order chi connectivity index (χ0) is 13.7. The SMILES string of the molecule is CSC1(CNc2cc(C(C)C)ncn2)CCCCC1. The second-order valence-corrected chi connectivity index (χ2v) is 7.06. The average molecular weight is 279 g/mol. The van der Waals surface area contributed by atoms with E-state index >= 15 is 0 Å². The van der Waals surface area contributed by atoms with Crippen molar-refractivity contribution in [2.45, 2.75) is 56.6 Å². The highest BCUT2D eigenvalue weighted by atomic mass is 32.2. The van der Waals surface area contributed by atoms with E-state index < -0.39 is 0 Å². The largest absolute Gasteiger partial charge is 0.369 e. The van der Waals surface area contributed by atoms with Crippen molar-refractivity contribution in [3.05, 3.63) is 18.1 Å². The van der Waals surface area contributed by atoms with Crippen molar-refractivity contribution in [3.63, 3.8) is 0 Å². The highest BCUT2D eigenvalue weighted by Gasteiger charge is 2.30. The van der Waals surface area contributed by atoms with Crippen LogP contribution >= 0.6 is 11.8 Å². The Balaban J connectivity index is 1.99. The molecular formula is C15H25N3S. The minimum Gasteiger partial charge on any atom is -0.369 e. The van der Waals surface area contributed by atoms with Crippen molar-refractivity contribution in [3.8, 4) is 0 Å². The lowest BCUT2D eigenvalue weighted by atomic mass is 9.88. The Kier molecular flexibility index (Phi) is 5.08. The van der Waals surface area contributed by atoms with Crippen LogP contribution in [0.5, 0.6) is 0 Å². The molecular weight excluding hydrogens is 254 g/mol. The average Bonchev–Trinajstić information content (AvgIpc) is 2.46. The molecule has 0 spiro atoms. The van der Waals surface area contributed by atoms with Crippen molar-refractivity contribution >= 4 is 17.6 Å². The predicted octanol–water partition coefficient (Wildman–Crippen LogP) is 4.08. The van der Waals surface area contributed by atoms with Crippen LogP contribution in [0.3, 0.4) is 0 Å². The highest BCUT2D eigenvalue weighted by molar-refractivity contribution is 8.00. The summed E-state index contributed by atoms with van der Waals surface area (Å²) in [5, 5.41) is 3.53. The Bertz CT molecular complexity index is 400. The van der Waals surface area contributed by atoms with E-state index in [1.54, 1.807) is 6.33 Å². The third-order valence-corrected chi connectivity index (χ3v) is 5.49. The molecule has 1 saturated carbocycles. The van der Waals surface area contributed by atoms with E-state index in [-0.39, 0.29) is 0 Å². The molecule has 0 amide bonds. The smallest absolute Gasteiger partial charge is 0.129 e. The molecule has 1 aliphatic carbocycles. The van der Waals surface area contributed by atoms with Crippen molar-refractivity contribution in [2.24, 2.45) is 0 Å². The monoisotopic (exact) mass is 279 g/mol. The lowest BCUT2D eigenvalue weighted by Crippen LogP contribution is -2.35. The van der Waals surface area contributed by atoms with E-state index in [0.29, 0.717) is 10.7 Å². The van der Waals surface area contributed by atoms with Crippen LogP contribution < -0.4 is 5.32 Å². The normalized spacial score (nSPS) is 18.5. The molecule has 1 N–H and O–H groups in total. The van der Waals surface area contributed by atoms with Gasteiger partial charge >= 0.3 is 0 Å². The summed E-state index contributed by atoms with van der Waals surface area (Å²) in [5.41, 5.74) is 1.11. The van der Waals surface area contributed by atoms with Crippen LogP contribution in [0.1, 0.15) is 57.6 Å². The van der Waals surface area contributed by atoms with E-state index in [0.717, 1.165) is 18.1 Å². The molecule has 1 fully saturated rings. The Morgan fingerprint density at radius 2 is 2.00 bits per heavy atom. The van der Waals surface area contributed by atoms with Crippen molar-refractivity contribution in [2.75, 3.05) is 18.1 Å². The molecule has 106 valence electrons. The number of anilines is 1. The predicted molar refractivity (Wildman–Crippen MR) is 83.9 cm³/mol. The first kappa shape index (κ1) is 14.6. The van der Waals surface area contributed by atoms with Gasteiger partial charge in [0.05, 0.1) is 0 Å². The molecule has 19 heavy (non-hydrogen) atoms. The van der Waals surface area contributed by atoms with Gasteiger partial charge < -0.3 is 5.32 Å². The van der Waals surface area contributed by atoms with Crippen LogP contribution in [0.4, 0.5) is 5.82 Å². The van der Waals surface area contributed by atoms with E-state index in [1.165, 1.54) is 32.1 Å². The van der Waals surface area contributed by atoms with E-state index in [4.69, 9.17) is 0 Å². The van der Waals surface area contributed by atoms with Crippen molar-refractivity contribution in [1.82, 2.24) is 9.97 Å². The van der Waals surface area contributed by atoms with Crippen molar-refractivity contribution < 1.29 is 0 Å². The number of nitrogens with one attached hydrogen (secondary N) is 1. The molecule has 0 aromatic carbocycles.